The van der Waals surface area contributed by atoms with E-state index >= 15 is 0 Å². The van der Waals surface area contributed by atoms with Gasteiger partial charge >= 0.3 is 7.60 Å². The standard InChI is InChI=1S/C15H19O5P/c1-5-11-13(18-2)12-9-7-6-8-10-15(12,14(11)16)21(17,19-3)20-4/h6-10H,5H2,1-4H3/t15-/m1/s1. The van der Waals surface area contributed by atoms with Crippen molar-refractivity contribution in [3.63, 3.8) is 0 Å². The Bertz CT molecular complexity index is 618. The number of Topliss-reactive ketones (excluding diaryl/α,β-unsaturated/α-hetero) is 1. The highest BCUT2D eigenvalue weighted by molar-refractivity contribution is 7.57. The van der Waals surface area contributed by atoms with Gasteiger partial charge in [-0.2, -0.15) is 0 Å². The number of hydrogen-bond donors (Lipinski definition) is 0. The van der Waals surface area contributed by atoms with Crippen LogP contribution in [0, 0.1) is 0 Å². The second-order valence-electron chi connectivity index (χ2n) is 4.65. The van der Waals surface area contributed by atoms with Crippen LogP contribution >= 0.6 is 7.60 Å². The van der Waals surface area contributed by atoms with Gasteiger partial charge in [-0.25, -0.2) is 0 Å². The van der Waals surface area contributed by atoms with Crippen LogP contribution in [0.1, 0.15) is 13.3 Å². The summed E-state index contributed by atoms with van der Waals surface area (Å²) in [5, 5.41) is -1.48. The lowest BCUT2D eigenvalue weighted by molar-refractivity contribution is -0.116. The van der Waals surface area contributed by atoms with Gasteiger partial charge in [-0.3, -0.25) is 9.36 Å². The molecule has 0 heterocycles. The number of carbonyl (C=O) groups excluding carboxylic acids is 1. The molecular weight excluding hydrogens is 291 g/mol. The van der Waals surface area contributed by atoms with Crippen LogP contribution in [0.5, 0.6) is 0 Å². The molecule has 0 fully saturated rings. The molecule has 2 aliphatic rings. The molecule has 2 rings (SSSR count). The van der Waals surface area contributed by atoms with Crippen molar-refractivity contribution in [3.8, 4) is 0 Å². The fourth-order valence-electron chi connectivity index (χ4n) is 2.85. The number of hydrogen-bond acceptors (Lipinski definition) is 5. The van der Waals surface area contributed by atoms with E-state index in [2.05, 4.69) is 0 Å². The first kappa shape index (κ1) is 16.0. The van der Waals surface area contributed by atoms with Gasteiger partial charge in [0.2, 0.25) is 0 Å². The van der Waals surface area contributed by atoms with Gasteiger partial charge in [0, 0.05) is 25.4 Å². The highest BCUT2D eigenvalue weighted by atomic mass is 31.2. The Morgan fingerprint density at radius 1 is 1.14 bits per heavy atom. The van der Waals surface area contributed by atoms with Crippen molar-refractivity contribution in [1.82, 2.24) is 0 Å². The molecule has 0 N–H and O–H groups in total. The van der Waals surface area contributed by atoms with Crippen molar-refractivity contribution < 1.29 is 23.1 Å². The molecule has 6 heteroatoms. The van der Waals surface area contributed by atoms with Gasteiger partial charge in [-0.15, -0.1) is 0 Å². The molecule has 0 bridgehead atoms. The molecule has 0 saturated heterocycles. The second-order valence-corrected chi connectivity index (χ2v) is 7.08. The molecule has 1 atom stereocenters. The Morgan fingerprint density at radius 2 is 1.81 bits per heavy atom. The van der Waals surface area contributed by atoms with Gasteiger partial charge in [0.25, 0.3) is 0 Å². The summed E-state index contributed by atoms with van der Waals surface area (Å²) in [5.41, 5.74) is 1.02. The van der Waals surface area contributed by atoms with Crippen LogP contribution in [0.15, 0.2) is 47.3 Å². The molecule has 0 unspecified atom stereocenters. The van der Waals surface area contributed by atoms with E-state index in [1.165, 1.54) is 21.3 Å². The van der Waals surface area contributed by atoms with Crippen LogP contribution in [0.2, 0.25) is 0 Å². The average molecular weight is 310 g/mol. The van der Waals surface area contributed by atoms with Crippen LogP contribution in [0.4, 0.5) is 0 Å². The second kappa shape index (κ2) is 5.76. The molecule has 0 amide bonds. The third-order valence-electron chi connectivity index (χ3n) is 3.84. The van der Waals surface area contributed by atoms with E-state index in [1.807, 2.05) is 6.92 Å². The van der Waals surface area contributed by atoms with Crippen molar-refractivity contribution in [2.45, 2.75) is 18.5 Å². The van der Waals surface area contributed by atoms with Gasteiger partial charge in [0.05, 0.1) is 7.11 Å². The Morgan fingerprint density at radius 3 is 2.33 bits per heavy atom. The third kappa shape index (κ3) is 2.00. The largest absolute Gasteiger partial charge is 0.496 e. The summed E-state index contributed by atoms with van der Waals surface area (Å²) in [6, 6.07) is 0. The van der Waals surface area contributed by atoms with Crippen molar-refractivity contribution in [2.75, 3.05) is 21.3 Å². The average Bonchev–Trinajstić information content (AvgIpc) is 2.65. The summed E-state index contributed by atoms with van der Waals surface area (Å²) in [6.07, 6.45) is 9.00. The minimum absolute atomic E-state index is 0.292. The summed E-state index contributed by atoms with van der Waals surface area (Å²) in [4.78, 5) is 13.0. The van der Waals surface area contributed by atoms with Crippen molar-refractivity contribution in [3.05, 3.63) is 47.3 Å². The quantitative estimate of drug-likeness (QED) is 0.730. The zero-order valence-electron chi connectivity index (χ0n) is 12.6. The molecule has 0 aromatic rings. The minimum atomic E-state index is -3.73. The molecule has 114 valence electrons. The zero-order valence-corrected chi connectivity index (χ0v) is 13.5. The number of allylic oxidation sites excluding steroid dienone is 7. The summed E-state index contributed by atoms with van der Waals surface area (Å²) in [5.74, 6) is 0.160. The Labute approximate surface area is 124 Å². The summed E-state index contributed by atoms with van der Waals surface area (Å²) in [7, 11) is 0.334. The normalized spacial score (nSPS) is 25.0. The molecule has 0 aliphatic heterocycles. The van der Waals surface area contributed by atoms with E-state index in [0.29, 0.717) is 23.3 Å². The molecule has 0 aromatic heterocycles. The van der Waals surface area contributed by atoms with E-state index < -0.39 is 12.8 Å². The van der Waals surface area contributed by atoms with Crippen LogP contribution in [-0.2, 0) is 23.1 Å². The first-order valence-corrected chi connectivity index (χ1v) is 8.17. The van der Waals surface area contributed by atoms with Gasteiger partial charge in [0.1, 0.15) is 5.76 Å². The molecule has 0 spiro atoms. The lowest BCUT2D eigenvalue weighted by Crippen LogP contribution is -2.36. The van der Waals surface area contributed by atoms with Crippen molar-refractivity contribution in [1.29, 1.82) is 0 Å². The molecule has 0 saturated carbocycles. The van der Waals surface area contributed by atoms with Gasteiger partial charge < -0.3 is 13.8 Å². The fraction of sp³-hybridized carbons (Fsp3) is 0.400. The number of rotatable bonds is 5. The zero-order chi connectivity index (χ0) is 15.7. The Kier molecular flexibility index (Phi) is 4.38. The highest BCUT2D eigenvalue weighted by Crippen LogP contribution is 2.67. The van der Waals surface area contributed by atoms with E-state index in [-0.39, 0.29) is 5.78 Å². The molecule has 21 heavy (non-hydrogen) atoms. The lowest BCUT2D eigenvalue weighted by Gasteiger charge is -2.32. The number of ketones is 1. The summed E-state index contributed by atoms with van der Waals surface area (Å²) >= 11 is 0. The number of methoxy groups -OCH3 is 1. The van der Waals surface area contributed by atoms with Crippen LogP contribution in [0.25, 0.3) is 0 Å². The Balaban J connectivity index is 2.80. The van der Waals surface area contributed by atoms with Gasteiger partial charge in [-0.05, 0) is 6.42 Å². The summed E-state index contributed by atoms with van der Waals surface area (Å²) < 4.78 is 28.8. The minimum Gasteiger partial charge on any atom is -0.496 e. The fourth-order valence-corrected chi connectivity index (χ4v) is 4.70. The number of ether oxygens (including phenoxy) is 1. The SMILES string of the molecule is CCC1=C(OC)C2=CC=CC=C[C@]2(P(=O)(OC)OC)C1=O. The van der Waals surface area contributed by atoms with E-state index in [9.17, 15) is 9.36 Å². The van der Waals surface area contributed by atoms with Gasteiger partial charge in [0.15, 0.2) is 10.9 Å². The molecular formula is C15H19O5P. The third-order valence-corrected chi connectivity index (χ3v) is 6.26. The van der Waals surface area contributed by atoms with E-state index in [0.717, 1.165) is 0 Å². The number of fused-ring (bicyclic) bond motifs is 1. The highest BCUT2D eigenvalue weighted by Gasteiger charge is 2.62. The topological polar surface area (TPSA) is 61.8 Å². The lowest BCUT2D eigenvalue weighted by atomic mass is 9.97. The number of carbonyl (C=O) groups is 1. The van der Waals surface area contributed by atoms with Gasteiger partial charge in [-0.1, -0.05) is 37.3 Å². The van der Waals surface area contributed by atoms with Crippen LogP contribution in [-0.4, -0.2) is 32.3 Å². The maximum Gasteiger partial charge on any atom is 0.352 e. The van der Waals surface area contributed by atoms with E-state index in [1.54, 1.807) is 30.4 Å². The Hall–Kier alpha value is -1.42. The first-order chi connectivity index (χ1) is 10.0. The van der Waals surface area contributed by atoms with E-state index in [4.69, 9.17) is 13.8 Å². The maximum atomic E-state index is 13.1. The molecule has 0 radical (unpaired) electrons. The maximum absolute atomic E-state index is 13.1. The van der Waals surface area contributed by atoms with Crippen LogP contribution < -0.4 is 0 Å². The predicted molar refractivity (Wildman–Crippen MR) is 80.1 cm³/mol. The summed E-state index contributed by atoms with van der Waals surface area (Å²) in [6.45, 7) is 1.86. The molecule has 0 aromatic carbocycles. The smallest absolute Gasteiger partial charge is 0.352 e. The van der Waals surface area contributed by atoms with Crippen molar-refractivity contribution in [2.24, 2.45) is 0 Å². The van der Waals surface area contributed by atoms with Crippen LogP contribution in [0.3, 0.4) is 0 Å². The van der Waals surface area contributed by atoms with Crippen molar-refractivity contribution >= 4 is 13.4 Å². The molecule has 2 aliphatic carbocycles. The molecule has 5 nitrogen and oxygen atoms in total. The monoisotopic (exact) mass is 310 g/mol. The first-order valence-electron chi connectivity index (χ1n) is 6.63. The predicted octanol–water partition coefficient (Wildman–Crippen LogP) is 3.16.